The largest absolute Gasteiger partial charge is 2.00 e. The van der Waals surface area contributed by atoms with Gasteiger partial charge in [-0.1, -0.05) is 6.92 Å². The van der Waals surface area contributed by atoms with Crippen molar-refractivity contribution >= 4 is 34.9 Å². The normalized spacial score (nSPS) is 8.09. The Morgan fingerprint density at radius 1 is 1.55 bits per heavy atom. The summed E-state index contributed by atoms with van der Waals surface area (Å²) in [4.78, 5) is 20.5. The van der Waals surface area contributed by atoms with E-state index in [4.69, 9.17) is 5.11 Å². The second-order valence-electron chi connectivity index (χ2n) is 1.92. The number of carboxylic acid groups (broad SMARTS) is 1. The number of hydrogen-bond acceptors (Lipinski definition) is 2. The predicted molar refractivity (Wildman–Crippen MR) is 43.5 cm³/mol. The SMILES string of the molecule is CCCC(=O)NCC(=O)O.[H-].[H-].[Mg+2]. The number of aliphatic carboxylic acids is 1. The first-order valence-corrected chi connectivity index (χ1v) is 3.15. The molecule has 0 bridgehead atoms. The smallest absolute Gasteiger partial charge is 1.00 e. The van der Waals surface area contributed by atoms with Gasteiger partial charge in [-0.05, 0) is 6.42 Å². The fourth-order valence-corrected chi connectivity index (χ4v) is 0.490. The molecule has 0 unspecified atom stereocenters. The monoisotopic (exact) mass is 171 g/mol. The van der Waals surface area contributed by atoms with Crippen molar-refractivity contribution in [2.45, 2.75) is 19.8 Å². The predicted octanol–water partition coefficient (Wildman–Crippen LogP) is -0.168. The molecule has 0 saturated heterocycles. The van der Waals surface area contributed by atoms with Crippen molar-refractivity contribution in [2.24, 2.45) is 0 Å². The topological polar surface area (TPSA) is 66.4 Å². The third-order valence-corrected chi connectivity index (χ3v) is 0.914. The quantitative estimate of drug-likeness (QED) is 0.577. The maximum Gasteiger partial charge on any atom is 2.00 e. The Labute approximate surface area is 84.5 Å². The molecule has 0 radical (unpaired) electrons. The first-order valence-electron chi connectivity index (χ1n) is 3.15. The van der Waals surface area contributed by atoms with Crippen LogP contribution in [0.25, 0.3) is 0 Å². The van der Waals surface area contributed by atoms with Crippen LogP contribution in [-0.2, 0) is 9.59 Å². The van der Waals surface area contributed by atoms with Gasteiger partial charge < -0.3 is 13.3 Å². The van der Waals surface area contributed by atoms with Gasteiger partial charge in [-0.2, -0.15) is 0 Å². The fourth-order valence-electron chi connectivity index (χ4n) is 0.490. The molecule has 62 valence electrons. The molecule has 5 heteroatoms. The van der Waals surface area contributed by atoms with Gasteiger partial charge in [-0.3, -0.25) is 9.59 Å². The number of rotatable bonds is 4. The van der Waals surface area contributed by atoms with Crippen molar-refractivity contribution in [1.29, 1.82) is 0 Å². The molecule has 0 aromatic carbocycles. The minimum absolute atomic E-state index is 0. The molecule has 0 aliphatic rings. The van der Waals surface area contributed by atoms with Gasteiger partial charge >= 0.3 is 29.0 Å². The van der Waals surface area contributed by atoms with E-state index >= 15 is 0 Å². The van der Waals surface area contributed by atoms with E-state index in [2.05, 4.69) is 5.32 Å². The van der Waals surface area contributed by atoms with E-state index in [1.807, 2.05) is 6.92 Å². The summed E-state index contributed by atoms with van der Waals surface area (Å²) >= 11 is 0. The van der Waals surface area contributed by atoms with Crippen LogP contribution in [-0.4, -0.2) is 46.6 Å². The third kappa shape index (κ3) is 9.71. The first-order chi connectivity index (χ1) is 4.66. The van der Waals surface area contributed by atoms with Crippen LogP contribution in [0.1, 0.15) is 22.6 Å². The molecule has 0 aliphatic heterocycles. The molecule has 0 rings (SSSR count). The summed E-state index contributed by atoms with van der Waals surface area (Å²) in [6.45, 7) is 1.58. The van der Waals surface area contributed by atoms with Crippen LogP contribution in [0.5, 0.6) is 0 Å². The van der Waals surface area contributed by atoms with Crippen molar-refractivity contribution in [3.63, 3.8) is 0 Å². The molecule has 2 N–H and O–H groups in total. The fraction of sp³-hybridized carbons (Fsp3) is 0.667. The summed E-state index contributed by atoms with van der Waals surface area (Å²) in [5.74, 6) is -1.21. The standard InChI is InChI=1S/C6H11NO3.Mg.2H/c1-2-3-5(8)7-4-6(9)10;;;/h2-4H2,1H3,(H,7,8)(H,9,10);;;/q;+2;2*-1. The maximum absolute atomic E-state index is 10.6. The van der Waals surface area contributed by atoms with Gasteiger partial charge in [0.25, 0.3) is 0 Å². The van der Waals surface area contributed by atoms with Crippen LogP contribution in [0.4, 0.5) is 0 Å². The van der Waals surface area contributed by atoms with Gasteiger partial charge in [0.15, 0.2) is 0 Å². The van der Waals surface area contributed by atoms with Crippen LogP contribution in [0.15, 0.2) is 0 Å². The van der Waals surface area contributed by atoms with Gasteiger partial charge in [-0.25, -0.2) is 0 Å². The Hall–Kier alpha value is -0.294. The van der Waals surface area contributed by atoms with E-state index in [0.717, 1.165) is 6.42 Å². The van der Waals surface area contributed by atoms with Crippen LogP contribution in [0.3, 0.4) is 0 Å². The second-order valence-corrected chi connectivity index (χ2v) is 1.92. The summed E-state index contributed by atoms with van der Waals surface area (Å²) in [6, 6.07) is 0. The molecule has 0 spiro atoms. The Morgan fingerprint density at radius 3 is 2.45 bits per heavy atom. The Balaban J connectivity index is -0.000000135. The molecule has 0 fully saturated rings. The molecule has 0 aromatic heterocycles. The molecule has 0 heterocycles. The summed E-state index contributed by atoms with van der Waals surface area (Å²) in [7, 11) is 0. The molecule has 0 aromatic rings. The van der Waals surface area contributed by atoms with Crippen LogP contribution >= 0.6 is 0 Å². The summed E-state index contributed by atoms with van der Waals surface area (Å²) in [5.41, 5.74) is 0. The zero-order valence-electron chi connectivity index (χ0n) is 8.59. The molecule has 1 amide bonds. The Morgan fingerprint density at radius 2 is 2.09 bits per heavy atom. The van der Waals surface area contributed by atoms with Crippen LogP contribution in [0, 0.1) is 0 Å². The number of carboxylic acids is 1. The number of amides is 1. The van der Waals surface area contributed by atoms with E-state index in [-0.39, 0.29) is 38.4 Å². The number of nitrogens with one attached hydrogen (secondary N) is 1. The zero-order valence-corrected chi connectivity index (χ0v) is 8.01. The number of carbonyl (C=O) groups is 2. The molecule has 0 atom stereocenters. The van der Waals surface area contributed by atoms with Gasteiger partial charge in [-0.15, -0.1) is 0 Å². The third-order valence-electron chi connectivity index (χ3n) is 0.914. The van der Waals surface area contributed by atoms with Gasteiger partial charge in [0.2, 0.25) is 5.91 Å². The van der Waals surface area contributed by atoms with Gasteiger partial charge in [0, 0.05) is 6.42 Å². The molecule has 0 aliphatic carbocycles. The Bertz CT molecular complexity index is 146. The Kier molecular flexibility index (Phi) is 9.45. The first kappa shape index (κ1) is 13.3. The zero-order chi connectivity index (χ0) is 7.98. The van der Waals surface area contributed by atoms with E-state index in [1.54, 1.807) is 0 Å². The van der Waals surface area contributed by atoms with Crippen molar-refractivity contribution in [1.82, 2.24) is 5.32 Å². The number of hydrogen-bond donors (Lipinski definition) is 2. The van der Waals surface area contributed by atoms with Crippen LogP contribution in [0.2, 0.25) is 0 Å². The average molecular weight is 171 g/mol. The molecule has 4 nitrogen and oxygen atoms in total. The summed E-state index contributed by atoms with van der Waals surface area (Å²) in [5, 5.41) is 10.4. The molecular formula is C6H13MgNO3. The molecule has 0 saturated carbocycles. The average Bonchev–Trinajstić information content (AvgIpc) is 1.85. The van der Waals surface area contributed by atoms with Crippen molar-refractivity contribution in [2.75, 3.05) is 6.54 Å². The minimum Gasteiger partial charge on any atom is -1.00 e. The van der Waals surface area contributed by atoms with Crippen molar-refractivity contribution < 1.29 is 17.5 Å². The van der Waals surface area contributed by atoms with Crippen LogP contribution < -0.4 is 5.32 Å². The summed E-state index contributed by atoms with van der Waals surface area (Å²) in [6.07, 6.45) is 1.14. The molecular weight excluding hydrogens is 158 g/mol. The summed E-state index contributed by atoms with van der Waals surface area (Å²) < 4.78 is 0. The van der Waals surface area contributed by atoms with E-state index in [1.165, 1.54) is 0 Å². The van der Waals surface area contributed by atoms with Crippen molar-refractivity contribution in [3.05, 3.63) is 0 Å². The van der Waals surface area contributed by atoms with E-state index < -0.39 is 5.97 Å². The van der Waals surface area contributed by atoms with Gasteiger partial charge in [0.05, 0.1) is 0 Å². The minimum atomic E-state index is -1.01. The second kappa shape index (κ2) is 7.81. The van der Waals surface area contributed by atoms with Gasteiger partial charge in [0.1, 0.15) is 6.54 Å². The van der Waals surface area contributed by atoms with Crippen molar-refractivity contribution in [3.8, 4) is 0 Å². The maximum atomic E-state index is 10.6. The van der Waals surface area contributed by atoms with E-state index in [0.29, 0.717) is 6.42 Å². The molecule has 11 heavy (non-hydrogen) atoms. The van der Waals surface area contributed by atoms with E-state index in [9.17, 15) is 9.59 Å². The number of carbonyl (C=O) groups excluding carboxylic acids is 1.